The fraction of sp³-hybridized carbons (Fsp3) is 0.300. The van der Waals surface area contributed by atoms with Crippen LogP contribution in [0.15, 0.2) is 16.6 Å². The lowest BCUT2D eigenvalue weighted by molar-refractivity contribution is 0.0526. The van der Waals surface area contributed by atoms with Crippen LogP contribution >= 0.6 is 15.9 Å². The van der Waals surface area contributed by atoms with Crippen LogP contribution in [0.25, 0.3) is 0 Å². The Morgan fingerprint density at radius 3 is 2.79 bits per heavy atom. The van der Waals surface area contributed by atoms with Crippen molar-refractivity contribution in [3.05, 3.63) is 27.7 Å². The number of anilines is 1. The van der Waals surface area contributed by atoms with Crippen LogP contribution in [0.5, 0.6) is 0 Å². The zero-order chi connectivity index (χ0) is 10.7. The summed E-state index contributed by atoms with van der Waals surface area (Å²) in [5.74, 6) is -0.388. The maximum atomic E-state index is 11.5. The van der Waals surface area contributed by atoms with Crippen LogP contribution < -0.4 is 5.73 Å². The number of hydrogen-bond donors (Lipinski definition) is 1. The molecule has 0 aromatic heterocycles. The van der Waals surface area contributed by atoms with Gasteiger partial charge in [0.15, 0.2) is 0 Å². The van der Waals surface area contributed by atoms with Gasteiger partial charge in [-0.15, -0.1) is 0 Å². The monoisotopic (exact) mass is 257 g/mol. The van der Waals surface area contributed by atoms with Crippen molar-refractivity contribution < 1.29 is 9.53 Å². The first kappa shape index (κ1) is 11.0. The molecule has 0 bridgehead atoms. The number of rotatable bonds is 2. The van der Waals surface area contributed by atoms with Crippen LogP contribution in [-0.4, -0.2) is 12.6 Å². The number of nitrogens with two attached hydrogens (primary N) is 1. The van der Waals surface area contributed by atoms with Crippen LogP contribution in [-0.2, 0) is 4.74 Å². The van der Waals surface area contributed by atoms with Gasteiger partial charge in [0.25, 0.3) is 0 Å². The van der Waals surface area contributed by atoms with E-state index in [1.54, 1.807) is 13.0 Å². The number of hydrogen-bond acceptors (Lipinski definition) is 3. The highest BCUT2D eigenvalue weighted by atomic mass is 79.9. The summed E-state index contributed by atoms with van der Waals surface area (Å²) in [6.07, 6.45) is 0. The number of benzene rings is 1. The maximum Gasteiger partial charge on any atom is 0.341 e. The van der Waals surface area contributed by atoms with E-state index in [0.717, 1.165) is 5.56 Å². The Labute approximate surface area is 91.4 Å². The van der Waals surface area contributed by atoms with E-state index in [-0.39, 0.29) is 5.97 Å². The molecular formula is C10H12BrNO2. The highest BCUT2D eigenvalue weighted by Gasteiger charge is 2.15. The van der Waals surface area contributed by atoms with E-state index in [4.69, 9.17) is 10.5 Å². The Kier molecular flexibility index (Phi) is 3.52. The van der Waals surface area contributed by atoms with Crippen molar-refractivity contribution in [1.82, 2.24) is 0 Å². The van der Waals surface area contributed by atoms with Gasteiger partial charge >= 0.3 is 5.97 Å². The molecule has 0 aliphatic rings. The molecule has 0 unspecified atom stereocenters. The molecule has 0 saturated heterocycles. The van der Waals surface area contributed by atoms with Crippen molar-refractivity contribution in [1.29, 1.82) is 0 Å². The minimum absolute atomic E-state index is 0.346. The van der Waals surface area contributed by atoms with Gasteiger partial charge in [0.1, 0.15) is 0 Å². The summed E-state index contributed by atoms with van der Waals surface area (Å²) >= 11 is 3.27. The van der Waals surface area contributed by atoms with Crippen molar-refractivity contribution in [2.75, 3.05) is 12.3 Å². The molecule has 0 radical (unpaired) electrons. The number of carbonyl (C=O) groups is 1. The molecule has 0 spiro atoms. The van der Waals surface area contributed by atoms with Gasteiger partial charge in [0.05, 0.1) is 17.9 Å². The minimum atomic E-state index is -0.388. The van der Waals surface area contributed by atoms with Gasteiger partial charge < -0.3 is 10.5 Å². The standard InChI is InChI=1S/C10H12BrNO2/c1-3-14-10(13)8-7(11)5-4-6(2)9(8)12/h4-5H,3,12H2,1-2H3. The summed E-state index contributed by atoms with van der Waals surface area (Å²) in [4.78, 5) is 11.5. The number of esters is 1. The Hall–Kier alpha value is -1.03. The van der Waals surface area contributed by atoms with Crippen molar-refractivity contribution >= 4 is 27.6 Å². The van der Waals surface area contributed by atoms with E-state index in [1.165, 1.54) is 0 Å². The molecule has 0 saturated carbocycles. The van der Waals surface area contributed by atoms with E-state index in [0.29, 0.717) is 22.3 Å². The van der Waals surface area contributed by atoms with Gasteiger partial charge in [-0.1, -0.05) is 6.07 Å². The van der Waals surface area contributed by atoms with Crippen LogP contribution in [0.1, 0.15) is 22.8 Å². The maximum absolute atomic E-state index is 11.5. The predicted octanol–water partition coefficient (Wildman–Crippen LogP) is 2.52. The van der Waals surface area contributed by atoms with E-state index in [1.807, 2.05) is 13.0 Å². The number of nitrogen functional groups attached to an aromatic ring is 1. The molecule has 0 heterocycles. The van der Waals surface area contributed by atoms with E-state index < -0.39 is 0 Å². The van der Waals surface area contributed by atoms with Crippen molar-refractivity contribution in [2.24, 2.45) is 0 Å². The summed E-state index contributed by atoms with van der Waals surface area (Å²) in [5, 5.41) is 0. The zero-order valence-electron chi connectivity index (χ0n) is 8.13. The van der Waals surface area contributed by atoms with Gasteiger partial charge in [-0.05, 0) is 41.4 Å². The molecule has 0 aliphatic heterocycles. The minimum Gasteiger partial charge on any atom is -0.462 e. The summed E-state index contributed by atoms with van der Waals surface area (Å²) in [6.45, 7) is 3.96. The lowest BCUT2D eigenvalue weighted by Crippen LogP contribution is -2.09. The average Bonchev–Trinajstić information content (AvgIpc) is 2.13. The molecule has 0 amide bonds. The second-order valence-electron chi connectivity index (χ2n) is 2.87. The van der Waals surface area contributed by atoms with Crippen LogP contribution in [0, 0.1) is 6.92 Å². The molecule has 0 aliphatic carbocycles. The third kappa shape index (κ3) is 2.07. The molecule has 0 atom stereocenters. The quantitative estimate of drug-likeness (QED) is 0.655. The number of aryl methyl sites for hydroxylation is 1. The first-order valence-electron chi connectivity index (χ1n) is 4.29. The van der Waals surface area contributed by atoms with Gasteiger partial charge in [0, 0.05) is 4.47 Å². The third-order valence-electron chi connectivity index (χ3n) is 1.89. The van der Waals surface area contributed by atoms with Gasteiger partial charge in [-0.3, -0.25) is 0 Å². The Balaban J connectivity index is 3.18. The fourth-order valence-corrected chi connectivity index (χ4v) is 1.62. The van der Waals surface area contributed by atoms with E-state index >= 15 is 0 Å². The molecule has 1 aromatic rings. The van der Waals surface area contributed by atoms with Crippen molar-refractivity contribution in [3.8, 4) is 0 Å². The Morgan fingerprint density at radius 2 is 2.21 bits per heavy atom. The summed E-state index contributed by atoms with van der Waals surface area (Å²) < 4.78 is 5.56. The largest absolute Gasteiger partial charge is 0.462 e. The van der Waals surface area contributed by atoms with Crippen molar-refractivity contribution in [3.63, 3.8) is 0 Å². The summed E-state index contributed by atoms with van der Waals surface area (Å²) in [6, 6.07) is 3.64. The first-order chi connectivity index (χ1) is 6.57. The van der Waals surface area contributed by atoms with Gasteiger partial charge in [0.2, 0.25) is 0 Å². The molecule has 0 fully saturated rings. The fourth-order valence-electron chi connectivity index (χ4n) is 1.11. The topological polar surface area (TPSA) is 52.3 Å². The molecule has 3 nitrogen and oxygen atoms in total. The van der Waals surface area contributed by atoms with Crippen molar-refractivity contribution in [2.45, 2.75) is 13.8 Å². The lowest BCUT2D eigenvalue weighted by Gasteiger charge is -2.09. The summed E-state index contributed by atoms with van der Waals surface area (Å²) in [7, 11) is 0. The van der Waals surface area contributed by atoms with E-state index in [9.17, 15) is 4.79 Å². The molecule has 1 rings (SSSR count). The Bertz CT molecular complexity index is 363. The molecule has 2 N–H and O–H groups in total. The van der Waals surface area contributed by atoms with Gasteiger partial charge in [-0.2, -0.15) is 0 Å². The number of halogens is 1. The normalized spacial score (nSPS) is 9.93. The molecule has 76 valence electrons. The first-order valence-corrected chi connectivity index (χ1v) is 5.09. The predicted molar refractivity (Wildman–Crippen MR) is 59.2 cm³/mol. The van der Waals surface area contributed by atoms with E-state index in [2.05, 4.69) is 15.9 Å². The number of ether oxygens (including phenoxy) is 1. The second kappa shape index (κ2) is 4.46. The van der Waals surface area contributed by atoms with Crippen LogP contribution in [0.2, 0.25) is 0 Å². The lowest BCUT2D eigenvalue weighted by atomic mass is 10.1. The molecule has 4 heteroatoms. The summed E-state index contributed by atoms with van der Waals surface area (Å²) in [5.41, 5.74) is 7.53. The average molecular weight is 258 g/mol. The molecule has 1 aromatic carbocycles. The highest BCUT2D eigenvalue weighted by molar-refractivity contribution is 9.10. The SMILES string of the molecule is CCOC(=O)c1c(Br)ccc(C)c1N. The number of carbonyl (C=O) groups excluding carboxylic acids is 1. The molecular weight excluding hydrogens is 246 g/mol. The van der Waals surface area contributed by atoms with Crippen LogP contribution in [0.4, 0.5) is 5.69 Å². The zero-order valence-corrected chi connectivity index (χ0v) is 9.72. The highest BCUT2D eigenvalue weighted by Crippen LogP contribution is 2.26. The smallest absolute Gasteiger partial charge is 0.341 e. The van der Waals surface area contributed by atoms with Gasteiger partial charge in [-0.25, -0.2) is 4.79 Å². The second-order valence-corrected chi connectivity index (χ2v) is 3.73. The third-order valence-corrected chi connectivity index (χ3v) is 2.55. The Morgan fingerprint density at radius 1 is 1.57 bits per heavy atom. The van der Waals surface area contributed by atoms with Crippen LogP contribution in [0.3, 0.4) is 0 Å². The molecule has 14 heavy (non-hydrogen) atoms.